The smallest absolute Gasteiger partial charge is 0.0866 e. The topological polar surface area (TPSA) is 9.23 Å². The molecular formula is C9H14O. The first-order valence-electron chi connectivity index (χ1n) is 3.69. The molecule has 56 valence electrons. The lowest BCUT2D eigenvalue weighted by Crippen LogP contribution is -2.07. The molecule has 0 saturated heterocycles. The first-order valence-corrected chi connectivity index (χ1v) is 3.69. The van der Waals surface area contributed by atoms with Crippen LogP contribution in [0.25, 0.3) is 0 Å². The highest BCUT2D eigenvalue weighted by atomic mass is 16.5. The Hall–Kier alpha value is -0.720. The fourth-order valence-corrected chi connectivity index (χ4v) is 0.931. The zero-order valence-corrected chi connectivity index (χ0v) is 6.63. The predicted octanol–water partition coefficient (Wildman–Crippen LogP) is 2.85. The number of hydrogen-bond acceptors (Lipinski definition) is 1. The fraction of sp³-hybridized carbons (Fsp3) is 0.556. The van der Waals surface area contributed by atoms with E-state index in [4.69, 9.17) is 4.74 Å². The first-order chi connectivity index (χ1) is 4.71. The molecule has 0 atom stereocenters. The van der Waals surface area contributed by atoms with Gasteiger partial charge in [0.05, 0.1) is 12.5 Å². The van der Waals surface area contributed by atoms with Crippen LogP contribution in [0.3, 0.4) is 0 Å². The summed E-state index contributed by atoms with van der Waals surface area (Å²) in [6, 6.07) is 0. The van der Waals surface area contributed by atoms with E-state index in [-0.39, 0.29) is 0 Å². The molecule has 1 aliphatic heterocycles. The second-order valence-electron chi connectivity index (χ2n) is 3.34. The Morgan fingerprint density at radius 1 is 1.30 bits per heavy atom. The van der Waals surface area contributed by atoms with E-state index in [9.17, 15) is 0 Å². The average Bonchev–Trinajstić information content (AvgIpc) is 1.81. The summed E-state index contributed by atoms with van der Waals surface area (Å²) in [6.07, 6.45) is 9.98. The maximum absolute atomic E-state index is 5.05. The second-order valence-corrected chi connectivity index (χ2v) is 3.34. The van der Waals surface area contributed by atoms with Gasteiger partial charge in [-0.1, -0.05) is 13.8 Å². The molecule has 0 bridgehead atoms. The van der Waals surface area contributed by atoms with Crippen molar-refractivity contribution in [2.24, 2.45) is 5.41 Å². The molecule has 1 nitrogen and oxygen atoms in total. The summed E-state index contributed by atoms with van der Waals surface area (Å²) in [6.45, 7) is 4.43. The molecule has 1 aliphatic rings. The van der Waals surface area contributed by atoms with Gasteiger partial charge in [0.25, 0.3) is 0 Å². The van der Waals surface area contributed by atoms with Gasteiger partial charge in [-0.25, -0.2) is 0 Å². The van der Waals surface area contributed by atoms with E-state index >= 15 is 0 Å². The Morgan fingerprint density at radius 3 is 2.90 bits per heavy atom. The molecule has 0 saturated carbocycles. The van der Waals surface area contributed by atoms with Gasteiger partial charge in [-0.05, 0) is 30.4 Å². The molecule has 0 amide bonds. The van der Waals surface area contributed by atoms with Gasteiger partial charge in [-0.2, -0.15) is 0 Å². The summed E-state index contributed by atoms with van der Waals surface area (Å²) >= 11 is 0. The van der Waals surface area contributed by atoms with Crippen molar-refractivity contribution in [2.75, 3.05) is 0 Å². The molecule has 1 rings (SSSR count). The summed E-state index contributed by atoms with van der Waals surface area (Å²) in [7, 11) is 0. The largest absolute Gasteiger partial charge is 0.473 e. The molecule has 0 aromatic rings. The van der Waals surface area contributed by atoms with Gasteiger partial charge in [0, 0.05) is 0 Å². The Bertz CT molecular complexity index is 154. The quantitative estimate of drug-likeness (QED) is 0.500. The van der Waals surface area contributed by atoms with Crippen LogP contribution >= 0.6 is 0 Å². The lowest BCUT2D eigenvalue weighted by molar-refractivity contribution is 0.359. The monoisotopic (exact) mass is 138 g/mol. The van der Waals surface area contributed by atoms with E-state index < -0.39 is 0 Å². The van der Waals surface area contributed by atoms with Gasteiger partial charge >= 0.3 is 0 Å². The van der Waals surface area contributed by atoms with Crippen molar-refractivity contribution in [2.45, 2.75) is 26.7 Å². The normalized spacial score (nSPS) is 29.4. The molecule has 10 heavy (non-hydrogen) atoms. The van der Waals surface area contributed by atoms with Crippen LogP contribution in [-0.2, 0) is 4.74 Å². The third-order valence-corrected chi connectivity index (χ3v) is 1.73. The Labute approximate surface area is 62.4 Å². The SMILES string of the molecule is CC1(C)/C=C\O/C=C\CC1. The summed E-state index contributed by atoms with van der Waals surface area (Å²) in [5.74, 6) is 0. The van der Waals surface area contributed by atoms with E-state index in [1.807, 2.05) is 0 Å². The van der Waals surface area contributed by atoms with E-state index in [0.717, 1.165) is 6.42 Å². The Kier molecular flexibility index (Phi) is 2.15. The number of rotatable bonds is 0. The molecule has 0 fully saturated rings. The predicted molar refractivity (Wildman–Crippen MR) is 42.4 cm³/mol. The third-order valence-electron chi connectivity index (χ3n) is 1.73. The molecule has 0 aliphatic carbocycles. The zero-order valence-electron chi connectivity index (χ0n) is 6.63. The molecule has 1 heterocycles. The number of hydrogen-bond donors (Lipinski definition) is 0. The van der Waals surface area contributed by atoms with Crippen LogP contribution in [0.5, 0.6) is 0 Å². The number of ether oxygens (including phenoxy) is 1. The summed E-state index contributed by atoms with van der Waals surface area (Å²) in [5.41, 5.74) is 0.296. The van der Waals surface area contributed by atoms with Gasteiger partial charge in [0.2, 0.25) is 0 Å². The Balaban J connectivity index is 2.57. The van der Waals surface area contributed by atoms with Crippen molar-refractivity contribution in [3.63, 3.8) is 0 Å². The van der Waals surface area contributed by atoms with E-state index in [1.54, 1.807) is 12.5 Å². The van der Waals surface area contributed by atoms with Gasteiger partial charge in [0.15, 0.2) is 0 Å². The maximum Gasteiger partial charge on any atom is 0.0866 e. The van der Waals surface area contributed by atoms with Gasteiger partial charge in [0.1, 0.15) is 0 Å². The van der Waals surface area contributed by atoms with Crippen LogP contribution in [0.1, 0.15) is 26.7 Å². The van der Waals surface area contributed by atoms with Gasteiger partial charge < -0.3 is 4.74 Å². The number of allylic oxidation sites excluding steroid dienone is 2. The van der Waals surface area contributed by atoms with Crippen LogP contribution < -0.4 is 0 Å². The van der Waals surface area contributed by atoms with Crippen LogP contribution in [0.4, 0.5) is 0 Å². The van der Waals surface area contributed by atoms with E-state index in [1.165, 1.54) is 6.42 Å². The summed E-state index contributed by atoms with van der Waals surface area (Å²) in [4.78, 5) is 0. The van der Waals surface area contributed by atoms with Crippen molar-refractivity contribution in [3.8, 4) is 0 Å². The highest BCUT2D eigenvalue weighted by Gasteiger charge is 2.12. The molecule has 0 unspecified atom stereocenters. The van der Waals surface area contributed by atoms with E-state index in [0.29, 0.717) is 5.41 Å². The van der Waals surface area contributed by atoms with Crippen molar-refractivity contribution >= 4 is 0 Å². The van der Waals surface area contributed by atoms with Crippen LogP contribution in [0, 0.1) is 5.41 Å². The van der Waals surface area contributed by atoms with E-state index in [2.05, 4.69) is 26.0 Å². The first kappa shape index (κ1) is 7.39. The van der Waals surface area contributed by atoms with Gasteiger partial charge in [-0.3, -0.25) is 0 Å². The minimum atomic E-state index is 0.296. The Morgan fingerprint density at radius 2 is 2.10 bits per heavy atom. The summed E-state index contributed by atoms with van der Waals surface area (Å²) in [5, 5.41) is 0. The minimum absolute atomic E-state index is 0.296. The molecule has 0 radical (unpaired) electrons. The highest BCUT2D eigenvalue weighted by molar-refractivity contribution is 4.95. The van der Waals surface area contributed by atoms with Crippen LogP contribution in [-0.4, -0.2) is 0 Å². The highest BCUT2D eigenvalue weighted by Crippen LogP contribution is 2.25. The molecular weight excluding hydrogens is 124 g/mol. The second kappa shape index (κ2) is 2.91. The molecule has 0 N–H and O–H groups in total. The fourth-order valence-electron chi connectivity index (χ4n) is 0.931. The van der Waals surface area contributed by atoms with Gasteiger partial charge in [-0.15, -0.1) is 0 Å². The maximum atomic E-state index is 5.05. The van der Waals surface area contributed by atoms with Crippen LogP contribution in [0.2, 0.25) is 0 Å². The van der Waals surface area contributed by atoms with Crippen molar-refractivity contribution in [3.05, 3.63) is 24.7 Å². The van der Waals surface area contributed by atoms with Crippen molar-refractivity contribution < 1.29 is 4.74 Å². The van der Waals surface area contributed by atoms with Crippen molar-refractivity contribution in [1.29, 1.82) is 0 Å². The molecule has 0 aromatic carbocycles. The van der Waals surface area contributed by atoms with Crippen molar-refractivity contribution in [1.82, 2.24) is 0 Å². The third kappa shape index (κ3) is 2.26. The average molecular weight is 138 g/mol. The lowest BCUT2D eigenvalue weighted by Gasteiger charge is -2.19. The van der Waals surface area contributed by atoms with Crippen LogP contribution in [0.15, 0.2) is 24.7 Å². The molecule has 0 aromatic heterocycles. The standard InChI is InChI=1S/C9H14O/c1-9(2)5-3-4-7-10-8-6-9/h4,6-8H,3,5H2,1-2H3/b7-4-,8-6-. The summed E-state index contributed by atoms with van der Waals surface area (Å²) < 4.78 is 5.05. The molecule has 0 spiro atoms. The molecule has 1 heteroatoms. The minimum Gasteiger partial charge on any atom is -0.473 e. The zero-order chi connectivity index (χ0) is 7.45. The lowest BCUT2D eigenvalue weighted by atomic mass is 9.88.